The van der Waals surface area contributed by atoms with Crippen LogP contribution in [0.4, 0.5) is 0 Å². The average Bonchev–Trinajstić information content (AvgIpc) is 2.27. The van der Waals surface area contributed by atoms with Gasteiger partial charge in [-0.2, -0.15) is 5.26 Å². The fourth-order valence-electron chi connectivity index (χ4n) is 1.64. The predicted molar refractivity (Wildman–Crippen MR) is 51.0 cm³/mol. The summed E-state index contributed by atoms with van der Waals surface area (Å²) < 4.78 is 5.52. The Balaban J connectivity index is 2.29. The smallest absolute Gasteiger partial charge is 0.123 e. The molecule has 0 amide bonds. The molecule has 1 heterocycles. The largest absolute Gasteiger partial charge is 0.488 e. The summed E-state index contributed by atoms with van der Waals surface area (Å²) in [5, 5.41) is 17.6. The third-order valence-corrected chi connectivity index (χ3v) is 2.42. The summed E-state index contributed by atoms with van der Waals surface area (Å²) in [5.41, 5.74) is 1.73. The SMILES string of the molecule is N#Cc1ccc2c(c1)CCC(CO)O2. The van der Waals surface area contributed by atoms with Gasteiger partial charge in [0.2, 0.25) is 0 Å². The monoisotopic (exact) mass is 189 g/mol. The van der Waals surface area contributed by atoms with E-state index in [4.69, 9.17) is 15.1 Å². The first-order valence-corrected chi connectivity index (χ1v) is 4.64. The molecule has 2 rings (SSSR count). The highest BCUT2D eigenvalue weighted by atomic mass is 16.5. The second-order valence-electron chi connectivity index (χ2n) is 3.40. The van der Waals surface area contributed by atoms with E-state index in [0.717, 1.165) is 24.2 Å². The van der Waals surface area contributed by atoms with E-state index >= 15 is 0 Å². The molecule has 0 aromatic heterocycles. The van der Waals surface area contributed by atoms with E-state index in [-0.39, 0.29) is 12.7 Å². The van der Waals surface area contributed by atoms with Gasteiger partial charge in [-0.15, -0.1) is 0 Å². The highest BCUT2D eigenvalue weighted by molar-refractivity contribution is 5.43. The minimum absolute atomic E-state index is 0.0550. The van der Waals surface area contributed by atoms with Crippen LogP contribution in [0.5, 0.6) is 5.75 Å². The van der Waals surface area contributed by atoms with Crippen molar-refractivity contribution in [3.05, 3.63) is 29.3 Å². The number of fused-ring (bicyclic) bond motifs is 1. The Morgan fingerprint density at radius 3 is 3.14 bits per heavy atom. The molecule has 1 aromatic rings. The Bertz CT molecular complexity index is 381. The third kappa shape index (κ3) is 1.57. The van der Waals surface area contributed by atoms with Gasteiger partial charge in [0.15, 0.2) is 0 Å². The van der Waals surface area contributed by atoms with Crippen molar-refractivity contribution in [3.63, 3.8) is 0 Å². The maximum atomic E-state index is 8.94. The molecule has 0 bridgehead atoms. The van der Waals surface area contributed by atoms with Crippen LogP contribution >= 0.6 is 0 Å². The zero-order chi connectivity index (χ0) is 9.97. The molecule has 0 aliphatic carbocycles. The minimum Gasteiger partial charge on any atom is -0.488 e. The lowest BCUT2D eigenvalue weighted by atomic mass is 10.0. The molecule has 1 atom stereocenters. The van der Waals surface area contributed by atoms with Crippen molar-refractivity contribution < 1.29 is 9.84 Å². The molecule has 14 heavy (non-hydrogen) atoms. The number of aliphatic hydroxyl groups excluding tert-OH is 1. The number of benzene rings is 1. The number of ether oxygens (including phenoxy) is 1. The molecule has 1 aliphatic rings. The highest BCUT2D eigenvalue weighted by Crippen LogP contribution is 2.27. The van der Waals surface area contributed by atoms with Crippen LogP contribution in [0.25, 0.3) is 0 Å². The Kier molecular flexibility index (Phi) is 2.38. The van der Waals surface area contributed by atoms with Gasteiger partial charge >= 0.3 is 0 Å². The predicted octanol–water partition coefficient (Wildman–Crippen LogP) is 1.24. The van der Waals surface area contributed by atoms with Crippen molar-refractivity contribution in [1.82, 2.24) is 0 Å². The van der Waals surface area contributed by atoms with Gasteiger partial charge in [-0.1, -0.05) is 0 Å². The van der Waals surface area contributed by atoms with Crippen LogP contribution in [0.1, 0.15) is 17.5 Å². The highest BCUT2D eigenvalue weighted by Gasteiger charge is 2.18. The number of hydrogen-bond acceptors (Lipinski definition) is 3. The molecule has 3 heteroatoms. The standard InChI is InChI=1S/C11H11NO2/c12-6-8-1-4-11-9(5-8)2-3-10(7-13)14-11/h1,4-5,10,13H,2-3,7H2. The maximum Gasteiger partial charge on any atom is 0.123 e. The van der Waals surface area contributed by atoms with Crippen LogP contribution in [0.2, 0.25) is 0 Å². The van der Waals surface area contributed by atoms with Crippen molar-refractivity contribution in [2.45, 2.75) is 18.9 Å². The maximum absolute atomic E-state index is 8.94. The normalized spacial score (nSPS) is 19.3. The molecule has 1 N–H and O–H groups in total. The van der Waals surface area contributed by atoms with Crippen LogP contribution in [0.3, 0.4) is 0 Å². The van der Waals surface area contributed by atoms with Crippen LogP contribution in [-0.4, -0.2) is 17.8 Å². The molecule has 72 valence electrons. The topological polar surface area (TPSA) is 53.2 Å². The Morgan fingerprint density at radius 1 is 1.57 bits per heavy atom. The number of aliphatic hydroxyl groups is 1. The van der Waals surface area contributed by atoms with E-state index in [1.807, 2.05) is 6.07 Å². The molecule has 0 saturated carbocycles. The van der Waals surface area contributed by atoms with Gasteiger partial charge in [0.1, 0.15) is 11.9 Å². The van der Waals surface area contributed by atoms with Gasteiger partial charge in [0, 0.05) is 0 Å². The fraction of sp³-hybridized carbons (Fsp3) is 0.364. The lowest BCUT2D eigenvalue weighted by Crippen LogP contribution is -2.26. The van der Waals surface area contributed by atoms with Gasteiger partial charge in [0.05, 0.1) is 18.2 Å². The Morgan fingerprint density at radius 2 is 2.43 bits per heavy atom. The fourth-order valence-corrected chi connectivity index (χ4v) is 1.64. The molecule has 0 fully saturated rings. The minimum atomic E-state index is -0.0876. The van der Waals surface area contributed by atoms with Gasteiger partial charge in [-0.05, 0) is 36.6 Å². The van der Waals surface area contributed by atoms with Crippen molar-refractivity contribution >= 4 is 0 Å². The number of aryl methyl sites for hydroxylation is 1. The van der Waals surface area contributed by atoms with Crippen LogP contribution < -0.4 is 4.74 Å². The molecule has 1 aromatic carbocycles. The number of nitrogens with zero attached hydrogens (tertiary/aromatic N) is 1. The molecule has 3 nitrogen and oxygen atoms in total. The van der Waals surface area contributed by atoms with Gasteiger partial charge in [-0.3, -0.25) is 0 Å². The molecular weight excluding hydrogens is 178 g/mol. The lowest BCUT2D eigenvalue weighted by molar-refractivity contribution is 0.0978. The van der Waals surface area contributed by atoms with E-state index in [0.29, 0.717) is 5.56 Å². The first-order chi connectivity index (χ1) is 6.83. The van der Waals surface area contributed by atoms with Gasteiger partial charge in [0.25, 0.3) is 0 Å². The van der Waals surface area contributed by atoms with Crippen molar-refractivity contribution in [2.75, 3.05) is 6.61 Å². The summed E-state index contributed by atoms with van der Waals surface area (Å²) in [6.07, 6.45) is 1.60. The average molecular weight is 189 g/mol. The van der Waals surface area contributed by atoms with Crippen molar-refractivity contribution in [1.29, 1.82) is 5.26 Å². The van der Waals surface area contributed by atoms with Crippen LogP contribution in [-0.2, 0) is 6.42 Å². The molecular formula is C11H11NO2. The number of rotatable bonds is 1. The van der Waals surface area contributed by atoms with E-state index < -0.39 is 0 Å². The quantitative estimate of drug-likeness (QED) is 0.723. The molecule has 0 saturated heterocycles. The Labute approximate surface area is 82.6 Å². The molecule has 1 unspecified atom stereocenters. The summed E-state index contributed by atoms with van der Waals surface area (Å²) in [6.45, 7) is 0.0550. The summed E-state index contributed by atoms with van der Waals surface area (Å²) in [5.74, 6) is 0.800. The third-order valence-electron chi connectivity index (χ3n) is 2.42. The second-order valence-corrected chi connectivity index (χ2v) is 3.40. The van der Waals surface area contributed by atoms with Gasteiger partial charge < -0.3 is 9.84 Å². The van der Waals surface area contributed by atoms with Crippen LogP contribution in [0.15, 0.2) is 18.2 Å². The van der Waals surface area contributed by atoms with E-state index in [1.165, 1.54) is 0 Å². The molecule has 0 spiro atoms. The summed E-state index contributed by atoms with van der Waals surface area (Å²) >= 11 is 0. The zero-order valence-corrected chi connectivity index (χ0v) is 7.73. The molecule has 0 radical (unpaired) electrons. The first-order valence-electron chi connectivity index (χ1n) is 4.64. The molecule has 1 aliphatic heterocycles. The van der Waals surface area contributed by atoms with E-state index in [1.54, 1.807) is 12.1 Å². The zero-order valence-electron chi connectivity index (χ0n) is 7.73. The van der Waals surface area contributed by atoms with Gasteiger partial charge in [-0.25, -0.2) is 0 Å². The van der Waals surface area contributed by atoms with Crippen molar-refractivity contribution in [3.8, 4) is 11.8 Å². The van der Waals surface area contributed by atoms with E-state index in [9.17, 15) is 0 Å². The second kappa shape index (κ2) is 3.69. The number of hydrogen-bond donors (Lipinski definition) is 1. The number of nitriles is 1. The summed E-state index contributed by atoms with van der Waals surface area (Å²) in [7, 11) is 0. The first kappa shape index (κ1) is 9.04. The van der Waals surface area contributed by atoms with Crippen molar-refractivity contribution in [2.24, 2.45) is 0 Å². The summed E-state index contributed by atoms with van der Waals surface area (Å²) in [6, 6.07) is 7.48. The summed E-state index contributed by atoms with van der Waals surface area (Å²) in [4.78, 5) is 0. The van der Waals surface area contributed by atoms with Crippen LogP contribution in [0, 0.1) is 11.3 Å². The van der Waals surface area contributed by atoms with E-state index in [2.05, 4.69) is 6.07 Å². The lowest BCUT2D eigenvalue weighted by Gasteiger charge is -2.24. The Hall–Kier alpha value is -1.53.